The monoisotopic (exact) mass is 289 g/mol. The molecule has 0 heterocycles. The van der Waals surface area contributed by atoms with Crippen molar-refractivity contribution < 1.29 is 19.8 Å². The van der Waals surface area contributed by atoms with Crippen molar-refractivity contribution in [3.63, 3.8) is 0 Å². The van der Waals surface area contributed by atoms with Gasteiger partial charge in [0.25, 0.3) is 0 Å². The molecule has 0 aromatic carbocycles. The lowest BCUT2D eigenvalue weighted by atomic mass is 10.0. The van der Waals surface area contributed by atoms with Gasteiger partial charge in [-0.1, -0.05) is 13.8 Å². The van der Waals surface area contributed by atoms with Crippen molar-refractivity contribution in [2.75, 3.05) is 20.6 Å². The minimum Gasteiger partial charge on any atom is -0.480 e. The predicted molar refractivity (Wildman–Crippen MR) is 76.6 cm³/mol. The van der Waals surface area contributed by atoms with Crippen LogP contribution in [0.5, 0.6) is 0 Å². The number of urea groups is 1. The Hall–Kier alpha value is -1.34. The van der Waals surface area contributed by atoms with Crippen LogP contribution in [-0.2, 0) is 4.79 Å². The van der Waals surface area contributed by atoms with E-state index in [1.165, 1.54) is 6.92 Å². The Bertz CT molecular complexity index is 309. The zero-order valence-electron chi connectivity index (χ0n) is 12.9. The number of aliphatic hydroxyl groups is 1. The predicted octanol–water partition coefficient (Wildman–Crippen LogP) is 0.0959. The van der Waals surface area contributed by atoms with Gasteiger partial charge in [-0.15, -0.1) is 0 Å². The molecule has 0 aliphatic carbocycles. The highest BCUT2D eigenvalue weighted by Gasteiger charge is 2.26. The van der Waals surface area contributed by atoms with Crippen LogP contribution in [0.4, 0.5) is 4.79 Å². The molecule has 118 valence electrons. The highest BCUT2D eigenvalue weighted by molar-refractivity contribution is 5.83. The molecule has 0 rings (SSSR count). The second kappa shape index (κ2) is 8.76. The number of aliphatic hydroxyl groups excluding tert-OH is 1. The first-order valence-electron chi connectivity index (χ1n) is 6.76. The van der Waals surface area contributed by atoms with Crippen LogP contribution in [0.3, 0.4) is 0 Å². The molecule has 1 unspecified atom stereocenters. The van der Waals surface area contributed by atoms with Gasteiger partial charge < -0.3 is 25.7 Å². The maximum atomic E-state index is 11.8. The zero-order valence-corrected chi connectivity index (χ0v) is 12.9. The number of hydrogen-bond donors (Lipinski definition) is 4. The molecule has 2 amide bonds. The molecule has 0 aromatic heterocycles. The lowest BCUT2D eigenvalue weighted by Crippen LogP contribution is -2.54. The quantitative estimate of drug-likeness (QED) is 0.507. The van der Waals surface area contributed by atoms with Gasteiger partial charge in [0, 0.05) is 12.6 Å². The fourth-order valence-electron chi connectivity index (χ4n) is 1.95. The molecule has 0 radical (unpaired) electrons. The van der Waals surface area contributed by atoms with Gasteiger partial charge in [-0.25, -0.2) is 9.59 Å². The van der Waals surface area contributed by atoms with E-state index in [4.69, 9.17) is 5.11 Å². The highest BCUT2D eigenvalue weighted by Crippen LogP contribution is 2.05. The molecule has 0 aromatic rings. The third kappa shape index (κ3) is 7.96. The van der Waals surface area contributed by atoms with E-state index < -0.39 is 24.1 Å². The Kier molecular flexibility index (Phi) is 8.17. The molecular weight excluding hydrogens is 262 g/mol. The highest BCUT2D eigenvalue weighted by atomic mass is 16.4. The number of carbonyl (C=O) groups excluding carboxylic acids is 1. The number of nitrogens with zero attached hydrogens (tertiary/aromatic N) is 1. The molecule has 3 atom stereocenters. The minimum absolute atomic E-state index is 0.0755. The van der Waals surface area contributed by atoms with E-state index in [9.17, 15) is 14.7 Å². The topological polar surface area (TPSA) is 102 Å². The summed E-state index contributed by atoms with van der Waals surface area (Å²) in [6, 6.07) is -1.96. The van der Waals surface area contributed by atoms with Gasteiger partial charge in [0.15, 0.2) is 6.04 Å². The van der Waals surface area contributed by atoms with Gasteiger partial charge in [-0.2, -0.15) is 0 Å². The Morgan fingerprint density at radius 2 is 1.70 bits per heavy atom. The van der Waals surface area contributed by atoms with Gasteiger partial charge in [-0.05, 0) is 33.4 Å². The number of carbonyl (C=O) groups is 2. The normalized spacial score (nSPS) is 15.8. The van der Waals surface area contributed by atoms with E-state index in [2.05, 4.69) is 24.5 Å². The standard InChI is InChI=1S/C13H27N3O4/c1-8(2)6-10(7-16(4)5)14-13(20)15-11(9(3)17)12(18)19/h8-11,17H,6-7H2,1-5H3,(H,18,19)(H2,14,15,20)/t9-,10?,11+/m1/s1. The minimum atomic E-state index is -1.31. The van der Waals surface area contributed by atoms with Crippen LogP contribution in [0.25, 0.3) is 0 Å². The van der Waals surface area contributed by atoms with Gasteiger partial charge in [0.1, 0.15) is 0 Å². The number of rotatable bonds is 8. The van der Waals surface area contributed by atoms with E-state index in [1.807, 2.05) is 19.0 Å². The molecular formula is C13H27N3O4. The third-order valence-corrected chi connectivity index (χ3v) is 2.71. The molecule has 0 aliphatic heterocycles. The SMILES string of the molecule is CC(C)CC(CN(C)C)NC(=O)N[C@H](C(=O)O)[C@@H](C)O. The van der Waals surface area contributed by atoms with E-state index >= 15 is 0 Å². The molecule has 7 heteroatoms. The van der Waals surface area contributed by atoms with Gasteiger partial charge in [0.2, 0.25) is 0 Å². The van der Waals surface area contributed by atoms with E-state index in [0.717, 1.165) is 6.42 Å². The van der Waals surface area contributed by atoms with Crippen LogP contribution in [0, 0.1) is 5.92 Å². The summed E-state index contributed by atoms with van der Waals surface area (Å²) >= 11 is 0. The van der Waals surface area contributed by atoms with Crippen LogP contribution in [0.1, 0.15) is 27.2 Å². The molecule has 0 fully saturated rings. The van der Waals surface area contributed by atoms with Crippen LogP contribution >= 0.6 is 0 Å². The Morgan fingerprint density at radius 3 is 2.05 bits per heavy atom. The molecule has 20 heavy (non-hydrogen) atoms. The fraction of sp³-hybridized carbons (Fsp3) is 0.846. The van der Waals surface area contributed by atoms with Gasteiger partial charge in [0.05, 0.1) is 6.10 Å². The van der Waals surface area contributed by atoms with Gasteiger partial charge >= 0.3 is 12.0 Å². The summed E-state index contributed by atoms with van der Waals surface area (Å²) < 4.78 is 0. The fourth-order valence-corrected chi connectivity index (χ4v) is 1.95. The third-order valence-electron chi connectivity index (χ3n) is 2.71. The molecule has 0 aliphatic rings. The average molecular weight is 289 g/mol. The smallest absolute Gasteiger partial charge is 0.328 e. The summed E-state index contributed by atoms with van der Waals surface area (Å²) in [5.74, 6) is -0.851. The van der Waals surface area contributed by atoms with Crippen molar-refractivity contribution in [1.82, 2.24) is 15.5 Å². The Morgan fingerprint density at radius 1 is 1.15 bits per heavy atom. The zero-order chi connectivity index (χ0) is 15.9. The maximum absolute atomic E-state index is 11.8. The molecule has 0 saturated heterocycles. The largest absolute Gasteiger partial charge is 0.480 e. The number of amides is 2. The van der Waals surface area contributed by atoms with Crippen molar-refractivity contribution >= 4 is 12.0 Å². The number of carboxylic acids is 1. The van der Waals surface area contributed by atoms with Crippen molar-refractivity contribution in [2.24, 2.45) is 5.92 Å². The first-order valence-corrected chi connectivity index (χ1v) is 6.76. The summed E-state index contributed by atoms with van der Waals surface area (Å²) in [6.45, 7) is 6.10. The molecule has 7 nitrogen and oxygen atoms in total. The number of carboxylic acid groups (broad SMARTS) is 1. The lowest BCUT2D eigenvalue weighted by molar-refractivity contribution is -0.141. The number of aliphatic carboxylic acids is 1. The molecule has 4 N–H and O–H groups in total. The second-order valence-corrected chi connectivity index (χ2v) is 5.76. The van der Waals surface area contributed by atoms with Crippen LogP contribution in [0.15, 0.2) is 0 Å². The lowest BCUT2D eigenvalue weighted by Gasteiger charge is -2.25. The first-order chi connectivity index (χ1) is 9.13. The molecule has 0 bridgehead atoms. The van der Waals surface area contributed by atoms with Crippen molar-refractivity contribution in [2.45, 2.75) is 45.4 Å². The maximum Gasteiger partial charge on any atom is 0.328 e. The van der Waals surface area contributed by atoms with Crippen LogP contribution < -0.4 is 10.6 Å². The van der Waals surface area contributed by atoms with E-state index in [1.54, 1.807) is 0 Å². The van der Waals surface area contributed by atoms with Crippen molar-refractivity contribution in [1.29, 1.82) is 0 Å². The summed E-state index contributed by atoms with van der Waals surface area (Å²) in [4.78, 5) is 24.7. The summed E-state index contributed by atoms with van der Waals surface area (Å²) in [5.41, 5.74) is 0. The van der Waals surface area contributed by atoms with Crippen molar-refractivity contribution in [3.05, 3.63) is 0 Å². The number of hydrogen-bond acceptors (Lipinski definition) is 4. The second-order valence-electron chi connectivity index (χ2n) is 5.76. The summed E-state index contributed by atoms with van der Waals surface area (Å²) in [6.07, 6.45) is -0.367. The first kappa shape index (κ1) is 18.7. The van der Waals surface area contributed by atoms with E-state index in [-0.39, 0.29) is 6.04 Å². The van der Waals surface area contributed by atoms with Crippen LogP contribution in [0.2, 0.25) is 0 Å². The number of nitrogens with one attached hydrogen (secondary N) is 2. The molecule has 0 saturated carbocycles. The van der Waals surface area contributed by atoms with Gasteiger partial charge in [-0.3, -0.25) is 0 Å². The summed E-state index contributed by atoms with van der Waals surface area (Å²) in [7, 11) is 3.81. The Balaban J connectivity index is 4.54. The summed E-state index contributed by atoms with van der Waals surface area (Å²) in [5, 5.41) is 23.3. The number of likely N-dealkylation sites (N-methyl/N-ethyl adjacent to an activating group) is 1. The Labute approximate surface area is 120 Å². The van der Waals surface area contributed by atoms with E-state index in [0.29, 0.717) is 12.5 Å². The molecule has 0 spiro atoms. The average Bonchev–Trinajstić information content (AvgIpc) is 2.22. The van der Waals surface area contributed by atoms with Crippen LogP contribution in [-0.4, -0.2) is 65.9 Å². The van der Waals surface area contributed by atoms with Crippen molar-refractivity contribution in [3.8, 4) is 0 Å².